The SMILES string of the molecule is CN(C)c1ccc(COC(=O)/N=N/C(=O)OCc2ccc(N(C)C)cc2)cc1. The second-order valence-electron chi connectivity index (χ2n) is 6.43. The van der Waals surface area contributed by atoms with Gasteiger partial charge in [0.1, 0.15) is 13.2 Å². The number of hydrogen-bond acceptors (Lipinski definition) is 6. The highest BCUT2D eigenvalue weighted by atomic mass is 16.6. The summed E-state index contributed by atoms with van der Waals surface area (Å²) >= 11 is 0. The van der Waals surface area contributed by atoms with Gasteiger partial charge in [0.15, 0.2) is 0 Å². The van der Waals surface area contributed by atoms with Crippen molar-refractivity contribution in [2.24, 2.45) is 10.2 Å². The first-order valence-corrected chi connectivity index (χ1v) is 8.63. The zero-order valence-corrected chi connectivity index (χ0v) is 16.5. The molecule has 0 aliphatic carbocycles. The Morgan fingerprint density at radius 1 is 0.679 bits per heavy atom. The number of benzene rings is 2. The third kappa shape index (κ3) is 6.71. The number of ether oxygens (including phenoxy) is 2. The summed E-state index contributed by atoms with van der Waals surface area (Å²) in [5.41, 5.74) is 3.68. The van der Waals surface area contributed by atoms with E-state index in [0.29, 0.717) is 0 Å². The number of amides is 2. The average molecular weight is 384 g/mol. The second-order valence-corrected chi connectivity index (χ2v) is 6.43. The lowest BCUT2D eigenvalue weighted by Crippen LogP contribution is -2.08. The monoisotopic (exact) mass is 384 g/mol. The molecular formula is C20H24N4O4. The van der Waals surface area contributed by atoms with Gasteiger partial charge >= 0.3 is 12.2 Å². The molecule has 0 unspecified atom stereocenters. The number of carbonyl (C=O) groups excluding carboxylic acids is 2. The van der Waals surface area contributed by atoms with Crippen LogP contribution >= 0.6 is 0 Å². The minimum atomic E-state index is -0.955. The lowest BCUT2D eigenvalue weighted by molar-refractivity contribution is 0.139. The fraction of sp³-hybridized carbons (Fsp3) is 0.300. The van der Waals surface area contributed by atoms with E-state index in [1.54, 1.807) is 0 Å². The number of anilines is 2. The van der Waals surface area contributed by atoms with Crippen LogP contribution in [-0.4, -0.2) is 40.4 Å². The first-order chi connectivity index (χ1) is 13.3. The lowest BCUT2D eigenvalue weighted by atomic mass is 10.2. The predicted molar refractivity (Wildman–Crippen MR) is 107 cm³/mol. The number of rotatable bonds is 6. The van der Waals surface area contributed by atoms with E-state index in [0.717, 1.165) is 22.5 Å². The predicted octanol–water partition coefficient (Wildman–Crippen LogP) is 4.24. The molecule has 8 nitrogen and oxygen atoms in total. The Morgan fingerprint density at radius 3 is 1.29 bits per heavy atom. The van der Waals surface area contributed by atoms with E-state index in [4.69, 9.17) is 9.47 Å². The fourth-order valence-electron chi connectivity index (χ4n) is 2.21. The molecule has 0 aliphatic heterocycles. The van der Waals surface area contributed by atoms with Crippen LogP contribution < -0.4 is 9.80 Å². The van der Waals surface area contributed by atoms with Crippen molar-refractivity contribution in [3.63, 3.8) is 0 Å². The molecule has 0 aromatic heterocycles. The van der Waals surface area contributed by atoms with E-state index in [1.165, 1.54) is 0 Å². The molecule has 0 saturated heterocycles. The van der Waals surface area contributed by atoms with Crippen LogP contribution in [0.1, 0.15) is 11.1 Å². The van der Waals surface area contributed by atoms with Crippen molar-refractivity contribution in [3.8, 4) is 0 Å². The Kier molecular flexibility index (Phi) is 7.50. The Hall–Kier alpha value is -3.42. The first kappa shape index (κ1) is 20.9. The van der Waals surface area contributed by atoms with E-state index in [2.05, 4.69) is 10.2 Å². The molecule has 0 atom stereocenters. The van der Waals surface area contributed by atoms with Gasteiger partial charge in [-0.05, 0) is 35.4 Å². The van der Waals surface area contributed by atoms with Crippen LogP contribution in [-0.2, 0) is 22.7 Å². The van der Waals surface area contributed by atoms with Crippen LogP contribution in [0, 0.1) is 0 Å². The topological polar surface area (TPSA) is 83.8 Å². The highest BCUT2D eigenvalue weighted by molar-refractivity contribution is 5.73. The van der Waals surface area contributed by atoms with Gasteiger partial charge in [-0.2, -0.15) is 0 Å². The van der Waals surface area contributed by atoms with Gasteiger partial charge in [0.25, 0.3) is 0 Å². The van der Waals surface area contributed by atoms with Crippen LogP contribution in [0.2, 0.25) is 0 Å². The highest BCUT2D eigenvalue weighted by Crippen LogP contribution is 2.14. The maximum atomic E-state index is 11.6. The molecule has 148 valence electrons. The van der Waals surface area contributed by atoms with Gasteiger partial charge in [0, 0.05) is 39.6 Å². The Morgan fingerprint density at radius 2 is 1.00 bits per heavy atom. The van der Waals surface area contributed by atoms with Gasteiger partial charge in [-0.15, -0.1) is 0 Å². The van der Waals surface area contributed by atoms with Crippen LogP contribution in [0.25, 0.3) is 0 Å². The molecule has 8 heteroatoms. The molecule has 0 spiro atoms. The van der Waals surface area contributed by atoms with Gasteiger partial charge in [-0.25, -0.2) is 9.59 Å². The van der Waals surface area contributed by atoms with E-state index in [-0.39, 0.29) is 13.2 Å². The molecule has 2 aromatic carbocycles. The third-order valence-corrected chi connectivity index (χ3v) is 3.84. The summed E-state index contributed by atoms with van der Waals surface area (Å²) in [5, 5.41) is 6.42. The van der Waals surface area contributed by atoms with Gasteiger partial charge in [-0.3, -0.25) is 0 Å². The molecule has 0 saturated carbocycles. The molecule has 0 aliphatic rings. The summed E-state index contributed by atoms with van der Waals surface area (Å²) in [6.45, 7) is 0.0810. The minimum absolute atomic E-state index is 0.0405. The van der Waals surface area contributed by atoms with Crippen LogP contribution in [0.15, 0.2) is 58.8 Å². The van der Waals surface area contributed by atoms with Crippen molar-refractivity contribution < 1.29 is 19.1 Å². The van der Waals surface area contributed by atoms with Crippen molar-refractivity contribution in [2.75, 3.05) is 38.0 Å². The van der Waals surface area contributed by atoms with Gasteiger partial charge in [0.05, 0.1) is 0 Å². The number of hydrogen-bond donors (Lipinski definition) is 0. The molecule has 2 aromatic rings. The minimum Gasteiger partial charge on any atom is -0.442 e. The third-order valence-electron chi connectivity index (χ3n) is 3.84. The molecule has 0 heterocycles. The second kappa shape index (κ2) is 10.1. The maximum absolute atomic E-state index is 11.6. The zero-order valence-electron chi connectivity index (χ0n) is 16.5. The number of azo groups is 1. The van der Waals surface area contributed by atoms with E-state index in [1.807, 2.05) is 86.5 Å². The fourth-order valence-corrected chi connectivity index (χ4v) is 2.21. The standard InChI is InChI=1S/C20H24N4O4/c1-23(2)17-9-5-15(6-10-17)13-27-19(25)21-22-20(26)28-14-16-7-11-18(12-8-16)24(3)4/h5-12H,13-14H2,1-4H3/b22-21+. The van der Waals surface area contributed by atoms with Gasteiger partial charge < -0.3 is 19.3 Å². The molecule has 0 N–H and O–H groups in total. The molecule has 0 bridgehead atoms. The highest BCUT2D eigenvalue weighted by Gasteiger charge is 2.06. The molecule has 28 heavy (non-hydrogen) atoms. The Bertz CT molecular complexity index is 746. The molecule has 0 fully saturated rings. The Labute approximate surface area is 164 Å². The lowest BCUT2D eigenvalue weighted by Gasteiger charge is -2.12. The van der Waals surface area contributed by atoms with Gasteiger partial charge in [0.2, 0.25) is 0 Å². The molecule has 2 rings (SSSR count). The summed E-state index contributed by atoms with van der Waals surface area (Å²) in [6.07, 6.45) is -1.91. The summed E-state index contributed by atoms with van der Waals surface area (Å²) in [5.74, 6) is 0. The van der Waals surface area contributed by atoms with E-state index >= 15 is 0 Å². The number of carbonyl (C=O) groups is 2. The summed E-state index contributed by atoms with van der Waals surface area (Å²) < 4.78 is 9.90. The van der Waals surface area contributed by atoms with E-state index < -0.39 is 12.2 Å². The van der Waals surface area contributed by atoms with Crippen molar-refractivity contribution in [3.05, 3.63) is 59.7 Å². The number of nitrogens with zero attached hydrogens (tertiary/aromatic N) is 4. The van der Waals surface area contributed by atoms with Gasteiger partial charge in [-0.1, -0.05) is 34.5 Å². The van der Waals surface area contributed by atoms with E-state index in [9.17, 15) is 9.59 Å². The maximum Gasteiger partial charge on any atom is 0.452 e. The van der Waals surface area contributed by atoms with Crippen molar-refractivity contribution in [2.45, 2.75) is 13.2 Å². The quantitative estimate of drug-likeness (QED) is 0.693. The molecular weight excluding hydrogens is 360 g/mol. The van der Waals surface area contributed by atoms with Crippen molar-refractivity contribution >= 4 is 23.6 Å². The zero-order chi connectivity index (χ0) is 20.5. The molecule has 0 radical (unpaired) electrons. The average Bonchev–Trinajstić information content (AvgIpc) is 2.69. The summed E-state index contributed by atoms with van der Waals surface area (Å²) in [7, 11) is 7.75. The normalized spacial score (nSPS) is 10.6. The summed E-state index contributed by atoms with van der Waals surface area (Å²) in [6, 6.07) is 15.0. The first-order valence-electron chi connectivity index (χ1n) is 8.63. The van der Waals surface area contributed by atoms with Crippen LogP contribution in [0.5, 0.6) is 0 Å². The molecule has 2 amide bonds. The Balaban J connectivity index is 1.74. The van der Waals surface area contributed by atoms with Crippen molar-refractivity contribution in [1.82, 2.24) is 0 Å². The largest absolute Gasteiger partial charge is 0.452 e. The van der Waals surface area contributed by atoms with Crippen LogP contribution in [0.4, 0.5) is 21.0 Å². The summed E-state index contributed by atoms with van der Waals surface area (Å²) in [4.78, 5) is 27.1. The van der Waals surface area contributed by atoms with Crippen molar-refractivity contribution in [1.29, 1.82) is 0 Å². The smallest absolute Gasteiger partial charge is 0.442 e. The van der Waals surface area contributed by atoms with Crippen LogP contribution in [0.3, 0.4) is 0 Å².